The topological polar surface area (TPSA) is 0 Å². The van der Waals surface area contributed by atoms with Crippen LogP contribution in [-0.2, 0) is 0 Å². The van der Waals surface area contributed by atoms with E-state index < -0.39 is 0 Å². The SMILES string of the molecule is CC(C)=C(C)CCCCCl. The predicted octanol–water partition coefficient (Wildman–Crippen LogP) is 3.75. The molecule has 10 heavy (non-hydrogen) atoms. The zero-order valence-electron chi connectivity index (χ0n) is 7.21. The molecule has 0 aliphatic rings. The van der Waals surface area contributed by atoms with E-state index in [0.717, 1.165) is 12.3 Å². The van der Waals surface area contributed by atoms with Crippen molar-refractivity contribution in [2.45, 2.75) is 40.0 Å². The maximum Gasteiger partial charge on any atom is 0.0223 e. The molecular weight excluding hydrogens is 144 g/mol. The van der Waals surface area contributed by atoms with E-state index in [1.165, 1.54) is 24.0 Å². The van der Waals surface area contributed by atoms with Gasteiger partial charge in [0, 0.05) is 5.88 Å². The Morgan fingerprint density at radius 3 is 2.10 bits per heavy atom. The van der Waals surface area contributed by atoms with Crippen molar-refractivity contribution in [2.24, 2.45) is 0 Å². The van der Waals surface area contributed by atoms with Crippen molar-refractivity contribution < 1.29 is 0 Å². The first-order valence-corrected chi connectivity index (χ1v) is 4.41. The molecule has 0 bridgehead atoms. The fourth-order valence-corrected chi connectivity index (χ4v) is 0.924. The van der Waals surface area contributed by atoms with E-state index in [-0.39, 0.29) is 0 Å². The summed E-state index contributed by atoms with van der Waals surface area (Å²) in [4.78, 5) is 0. The second kappa shape index (κ2) is 5.79. The Morgan fingerprint density at radius 1 is 1.10 bits per heavy atom. The highest BCUT2D eigenvalue weighted by molar-refractivity contribution is 6.17. The minimum absolute atomic E-state index is 0.802. The van der Waals surface area contributed by atoms with E-state index >= 15 is 0 Å². The third-order valence-electron chi connectivity index (χ3n) is 1.79. The summed E-state index contributed by atoms with van der Waals surface area (Å²) < 4.78 is 0. The number of halogens is 1. The molecule has 0 nitrogen and oxygen atoms in total. The molecule has 0 aliphatic carbocycles. The second-order valence-electron chi connectivity index (χ2n) is 2.93. The molecule has 0 radical (unpaired) electrons. The molecule has 0 amide bonds. The van der Waals surface area contributed by atoms with Crippen LogP contribution in [0.1, 0.15) is 40.0 Å². The highest BCUT2D eigenvalue weighted by Crippen LogP contribution is 2.10. The van der Waals surface area contributed by atoms with Gasteiger partial charge in [0.15, 0.2) is 0 Å². The van der Waals surface area contributed by atoms with Crippen LogP contribution in [0.4, 0.5) is 0 Å². The van der Waals surface area contributed by atoms with Crippen molar-refractivity contribution >= 4 is 11.6 Å². The van der Waals surface area contributed by atoms with Gasteiger partial charge in [-0.1, -0.05) is 11.1 Å². The maximum atomic E-state index is 5.55. The summed E-state index contributed by atoms with van der Waals surface area (Å²) in [5.41, 5.74) is 2.97. The highest BCUT2D eigenvalue weighted by atomic mass is 35.5. The van der Waals surface area contributed by atoms with Crippen molar-refractivity contribution in [2.75, 3.05) is 5.88 Å². The van der Waals surface area contributed by atoms with Crippen LogP contribution in [-0.4, -0.2) is 5.88 Å². The van der Waals surface area contributed by atoms with Gasteiger partial charge in [0.25, 0.3) is 0 Å². The fourth-order valence-electron chi connectivity index (χ4n) is 0.735. The number of alkyl halides is 1. The lowest BCUT2D eigenvalue weighted by molar-refractivity contribution is 0.785. The summed E-state index contributed by atoms with van der Waals surface area (Å²) in [5, 5.41) is 0. The lowest BCUT2D eigenvalue weighted by Crippen LogP contribution is -1.82. The first-order chi connectivity index (χ1) is 4.68. The summed E-state index contributed by atoms with van der Waals surface area (Å²) in [5.74, 6) is 0.802. The van der Waals surface area contributed by atoms with E-state index in [2.05, 4.69) is 20.8 Å². The zero-order valence-corrected chi connectivity index (χ0v) is 7.96. The Labute approximate surface area is 69.3 Å². The molecule has 0 aromatic rings. The Bertz CT molecular complexity index is 110. The summed E-state index contributed by atoms with van der Waals surface area (Å²) in [6.45, 7) is 6.52. The summed E-state index contributed by atoms with van der Waals surface area (Å²) in [6.07, 6.45) is 3.60. The molecule has 0 fully saturated rings. The number of rotatable bonds is 4. The van der Waals surface area contributed by atoms with Crippen LogP contribution < -0.4 is 0 Å². The lowest BCUT2D eigenvalue weighted by atomic mass is 10.1. The van der Waals surface area contributed by atoms with E-state index in [1.807, 2.05) is 0 Å². The van der Waals surface area contributed by atoms with Gasteiger partial charge in [-0.25, -0.2) is 0 Å². The normalized spacial score (nSPS) is 9.60. The minimum Gasteiger partial charge on any atom is -0.127 e. The molecule has 0 aromatic heterocycles. The van der Waals surface area contributed by atoms with Crippen LogP contribution in [0.2, 0.25) is 0 Å². The number of unbranched alkanes of at least 4 members (excludes halogenated alkanes) is 1. The molecule has 0 atom stereocenters. The summed E-state index contributed by atoms with van der Waals surface area (Å²) in [6, 6.07) is 0. The molecular formula is C9H17Cl. The summed E-state index contributed by atoms with van der Waals surface area (Å²) >= 11 is 5.55. The predicted molar refractivity (Wildman–Crippen MR) is 48.6 cm³/mol. The maximum absolute atomic E-state index is 5.55. The average Bonchev–Trinajstić information content (AvgIpc) is 1.88. The highest BCUT2D eigenvalue weighted by Gasteiger charge is 1.91. The van der Waals surface area contributed by atoms with Crippen LogP contribution in [0.3, 0.4) is 0 Å². The van der Waals surface area contributed by atoms with Gasteiger partial charge in [-0.05, 0) is 40.0 Å². The molecule has 0 aromatic carbocycles. The van der Waals surface area contributed by atoms with Crippen LogP contribution >= 0.6 is 11.6 Å². The molecule has 0 rings (SSSR count). The number of allylic oxidation sites excluding steroid dienone is 2. The number of hydrogen-bond acceptors (Lipinski definition) is 0. The van der Waals surface area contributed by atoms with Crippen molar-refractivity contribution in [3.8, 4) is 0 Å². The van der Waals surface area contributed by atoms with Crippen molar-refractivity contribution in [1.29, 1.82) is 0 Å². The van der Waals surface area contributed by atoms with Crippen molar-refractivity contribution in [1.82, 2.24) is 0 Å². The van der Waals surface area contributed by atoms with Crippen LogP contribution in [0.25, 0.3) is 0 Å². The molecule has 0 saturated heterocycles. The quantitative estimate of drug-likeness (QED) is 0.334. The van der Waals surface area contributed by atoms with E-state index in [1.54, 1.807) is 0 Å². The van der Waals surface area contributed by atoms with Crippen molar-refractivity contribution in [3.05, 3.63) is 11.1 Å². The van der Waals surface area contributed by atoms with Gasteiger partial charge < -0.3 is 0 Å². The van der Waals surface area contributed by atoms with Crippen LogP contribution in [0.15, 0.2) is 11.1 Å². The molecule has 0 heterocycles. The Hall–Kier alpha value is 0.0300. The first kappa shape index (κ1) is 10.0. The number of hydrogen-bond donors (Lipinski definition) is 0. The smallest absolute Gasteiger partial charge is 0.0223 e. The van der Waals surface area contributed by atoms with Gasteiger partial charge >= 0.3 is 0 Å². The fraction of sp³-hybridized carbons (Fsp3) is 0.778. The van der Waals surface area contributed by atoms with Gasteiger partial charge in [0.2, 0.25) is 0 Å². The first-order valence-electron chi connectivity index (χ1n) is 3.87. The Balaban J connectivity index is 3.40. The monoisotopic (exact) mass is 160 g/mol. The third kappa shape index (κ3) is 4.87. The van der Waals surface area contributed by atoms with Gasteiger partial charge in [-0.3, -0.25) is 0 Å². The Kier molecular flexibility index (Phi) is 5.81. The molecule has 0 unspecified atom stereocenters. The van der Waals surface area contributed by atoms with Gasteiger partial charge in [0.05, 0.1) is 0 Å². The van der Waals surface area contributed by atoms with E-state index in [0.29, 0.717) is 0 Å². The molecule has 0 aliphatic heterocycles. The van der Waals surface area contributed by atoms with Crippen LogP contribution in [0.5, 0.6) is 0 Å². The summed E-state index contributed by atoms with van der Waals surface area (Å²) in [7, 11) is 0. The van der Waals surface area contributed by atoms with E-state index in [9.17, 15) is 0 Å². The van der Waals surface area contributed by atoms with Gasteiger partial charge in [-0.15, -0.1) is 11.6 Å². The molecule has 60 valence electrons. The average molecular weight is 161 g/mol. The van der Waals surface area contributed by atoms with E-state index in [4.69, 9.17) is 11.6 Å². The van der Waals surface area contributed by atoms with Crippen LogP contribution in [0, 0.1) is 0 Å². The van der Waals surface area contributed by atoms with Gasteiger partial charge in [0.1, 0.15) is 0 Å². The zero-order chi connectivity index (χ0) is 7.98. The molecule has 0 N–H and O–H groups in total. The lowest BCUT2D eigenvalue weighted by Gasteiger charge is -2.01. The van der Waals surface area contributed by atoms with Crippen molar-refractivity contribution in [3.63, 3.8) is 0 Å². The molecule has 0 spiro atoms. The molecule has 1 heteroatoms. The molecule has 0 saturated carbocycles. The third-order valence-corrected chi connectivity index (χ3v) is 2.06. The minimum atomic E-state index is 0.802. The van der Waals surface area contributed by atoms with Gasteiger partial charge in [-0.2, -0.15) is 0 Å². The largest absolute Gasteiger partial charge is 0.127 e. The standard InChI is InChI=1S/C9H17Cl/c1-8(2)9(3)6-4-5-7-10/h4-7H2,1-3H3. The Morgan fingerprint density at radius 2 is 1.70 bits per heavy atom. The second-order valence-corrected chi connectivity index (χ2v) is 3.30.